The molecule has 2 N–H and O–H groups in total. The summed E-state index contributed by atoms with van der Waals surface area (Å²) in [5.41, 5.74) is 5.31. The zero-order chi connectivity index (χ0) is 30.0. The van der Waals surface area contributed by atoms with E-state index in [2.05, 4.69) is 15.8 Å². The number of benzene rings is 3. The number of hydrogen-bond donors (Lipinski definition) is 2. The molecule has 0 atom stereocenters. The summed E-state index contributed by atoms with van der Waals surface area (Å²) in [5.74, 6) is -0.173. The molecule has 1 saturated carbocycles. The number of anilines is 1. The third-order valence-corrected chi connectivity index (χ3v) is 8.93. The van der Waals surface area contributed by atoms with Gasteiger partial charge in [-0.15, -0.1) is 0 Å². The van der Waals surface area contributed by atoms with Crippen LogP contribution in [0, 0.1) is 6.92 Å². The van der Waals surface area contributed by atoms with Crippen LogP contribution in [0.5, 0.6) is 5.75 Å². The minimum Gasteiger partial charge on any atom is -0.484 e. The van der Waals surface area contributed by atoms with Crippen molar-refractivity contribution in [2.45, 2.75) is 63.3 Å². The van der Waals surface area contributed by atoms with Crippen LogP contribution in [0.2, 0.25) is 0 Å². The number of hydrazone groups is 1. The van der Waals surface area contributed by atoms with Crippen molar-refractivity contribution in [1.29, 1.82) is 0 Å². The Kier molecular flexibility index (Phi) is 10.7. The first-order valence-electron chi connectivity index (χ1n) is 14.3. The Labute approximate surface area is 248 Å². The number of carbonyl (C=O) groups excluding carboxylic acids is 2. The van der Waals surface area contributed by atoms with E-state index >= 15 is 0 Å². The third-order valence-electron chi connectivity index (χ3n) is 7.16. The van der Waals surface area contributed by atoms with Gasteiger partial charge in [0.25, 0.3) is 21.8 Å². The molecule has 222 valence electrons. The first kappa shape index (κ1) is 30.8. The van der Waals surface area contributed by atoms with E-state index in [9.17, 15) is 18.0 Å². The average Bonchev–Trinajstić information content (AvgIpc) is 3.00. The van der Waals surface area contributed by atoms with E-state index in [0.29, 0.717) is 23.4 Å². The Hall–Kier alpha value is -4.18. The van der Waals surface area contributed by atoms with Crippen molar-refractivity contribution in [3.8, 4) is 5.75 Å². The molecule has 3 aromatic carbocycles. The standard InChI is InChI=1S/C32H38N4O5S/c1-3-26-9-7-8-12-30(26)36(42(39,40)29-19-13-24(2)14-20-29)22-31(37)35-33-21-25-15-17-28(18-16-25)41-23-32(38)34-27-10-5-4-6-11-27/h7-9,12-21,27H,3-6,10-11,22-23H2,1-2H3,(H,34,38)(H,35,37)/b33-21-. The molecule has 9 nitrogen and oxygen atoms in total. The van der Waals surface area contributed by atoms with E-state index in [1.54, 1.807) is 60.7 Å². The number of carbonyl (C=O) groups is 2. The summed E-state index contributed by atoms with van der Waals surface area (Å²) in [6, 6.07) is 20.8. The van der Waals surface area contributed by atoms with Crippen LogP contribution in [0.1, 0.15) is 55.7 Å². The smallest absolute Gasteiger partial charge is 0.264 e. The third kappa shape index (κ3) is 8.42. The van der Waals surface area contributed by atoms with Gasteiger partial charge in [-0.3, -0.25) is 13.9 Å². The molecule has 1 aliphatic carbocycles. The maximum Gasteiger partial charge on any atom is 0.264 e. The van der Waals surface area contributed by atoms with Crippen LogP contribution in [0.3, 0.4) is 0 Å². The van der Waals surface area contributed by atoms with Crippen molar-refractivity contribution in [3.05, 3.63) is 89.5 Å². The number of nitrogens with zero attached hydrogens (tertiary/aromatic N) is 2. The van der Waals surface area contributed by atoms with Crippen LogP contribution in [0.4, 0.5) is 5.69 Å². The first-order valence-corrected chi connectivity index (χ1v) is 15.7. The van der Waals surface area contributed by atoms with Crippen molar-refractivity contribution in [1.82, 2.24) is 10.7 Å². The van der Waals surface area contributed by atoms with Gasteiger partial charge in [0.1, 0.15) is 12.3 Å². The minimum absolute atomic E-state index is 0.0524. The fourth-order valence-electron chi connectivity index (χ4n) is 4.85. The SMILES string of the molecule is CCc1ccccc1N(CC(=O)N/N=C\c1ccc(OCC(=O)NC2CCCCC2)cc1)S(=O)(=O)c1ccc(C)cc1. The molecule has 0 heterocycles. The lowest BCUT2D eigenvalue weighted by molar-refractivity contribution is -0.124. The fraction of sp³-hybridized carbons (Fsp3) is 0.344. The second-order valence-corrected chi connectivity index (χ2v) is 12.2. The number of para-hydroxylation sites is 1. The maximum absolute atomic E-state index is 13.6. The molecule has 42 heavy (non-hydrogen) atoms. The number of sulfonamides is 1. The highest BCUT2D eigenvalue weighted by molar-refractivity contribution is 7.92. The molecule has 1 fully saturated rings. The highest BCUT2D eigenvalue weighted by Gasteiger charge is 2.28. The molecule has 0 bridgehead atoms. The van der Waals surface area contributed by atoms with E-state index in [1.165, 1.54) is 12.6 Å². The predicted molar refractivity (Wildman–Crippen MR) is 164 cm³/mol. The summed E-state index contributed by atoms with van der Waals surface area (Å²) >= 11 is 0. The second-order valence-electron chi connectivity index (χ2n) is 10.4. The predicted octanol–water partition coefficient (Wildman–Crippen LogP) is 4.73. The lowest BCUT2D eigenvalue weighted by Gasteiger charge is -2.25. The number of aryl methyl sites for hydroxylation is 2. The van der Waals surface area contributed by atoms with Crippen LogP contribution < -0.4 is 19.8 Å². The van der Waals surface area contributed by atoms with Crippen LogP contribution in [0.15, 0.2) is 82.8 Å². The van der Waals surface area contributed by atoms with Gasteiger partial charge in [-0.2, -0.15) is 5.10 Å². The van der Waals surface area contributed by atoms with Crippen molar-refractivity contribution in [2.75, 3.05) is 17.5 Å². The summed E-state index contributed by atoms with van der Waals surface area (Å²) in [4.78, 5) is 25.2. The Morgan fingerprint density at radius 2 is 1.64 bits per heavy atom. The normalized spacial score (nSPS) is 14.0. The summed E-state index contributed by atoms with van der Waals surface area (Å²) in [5, 5.41) is 7.04. The monoisotopic (exact) mass is 590 g/mol. The van der Waals surface area contributed by atoms with Crippen molar-refractivity contribution in [2.24, 2.45) is 5.10 Å². The van der Waals surface area contributed by atoms with Crippen molar-refractivity contribution >= 4 is 33.7 Å². The number of ether oxygens (including phenoxy) is 1. The van der Waals surface area contributed by atoms with Crippen molar-refractivity contribution in [3.63, 3.8) is 0 Å². The summed E-state index contributed by atoms with van der Waals surface area (Å²) in [6.45, 7) is 3.32. The summed E-state index contributed by atoms with van der Waals surface area (Å²) < 4.78 is 34.0. The van der Waals surface area contributed by atoms with Gasteiger partial charge in [-0.05, 0) is 79.8 Å². The Morgan fingerprint density at radius 3 is 2.33 bits per heavy atom. The molecular weight excluding hydrogens is 552 g/mol. The van der Waals surface area contributed by atoms with Crippen LogP contribution in [-0.2, 0) is 26.0 Å². The summed E-state index contributed by atoms with van der Waals surface area (Å²) in [6.07, 6.45) is 7.60. The van der Waals surface area contributed by atoms with E-state index in [1.807, 2.05) is 26.0 Å². The molecule has 0 unspecified atom stereocenters. The molecule has 0 spiro atoms. The second kappa shape index (κ2) is 14.6. The van der Waals surface area contributed by atoms with Gasteiger partial charge in [0.05, 0.1) is 16.8 Å². The van der Waals surface area contributed by atoms with Crippen LogP contribution in [0.25, 0.3) is 0 Å². The van der Waals surface area contributed by atoms with Crippen molar-refractivity contribution < 1.29 is 22.7 Å². The molecule has 0 aliphatic heterocycles. The van der Waals surface area contributed by atoms with Gasteiger partial charge in [-0.25, -0.2) is 13.8 Å². The number of hydrogen-bond acceptors (Lipinski definition) is 6. The summed E-state index contributed by atoms with van der Waals surface area (Å²) in [7, 11) is -4.02. The fourth-order valence-corrected chi connectivity index (χ4v) is 6.31. The highest BCUT2D eigenvalue weighted by Crippen LogP contribution is 2.27. The van der Waals surface area contributed by atoms with Gasteiger partial charge in [0, 0.05) is 6.04 Å². The van der Waals surface area contributed by atoms with Gasteiger partial charge in [0.2, 0.25) is 0 Å². The zero-order valence-electron chi connectivity index (χ0n) is 24.1. The molecule has 10 heteroatoms. The van der Waals surface area contributed by atoms with E-state index in [-0.39, 0.29) is 23.5 Å². The molecule has 0 aromatic heterocycles. The Morgan fingerprint density at radius 1 is 0.952 bits per heavy atom. The lowest BCUT2D eigenvalue weighted by atomic mass is 9.95. The number of amides is 2. The number of nitrogens with one attached hydrogen (secondary N) is 2. The largest absolute Gasteiger partial charge is 0.484 e. The quantitative estimate of drug-likeness (QED) is 0.234. The highest BCUT2D eigenvalue weighted by atomic mass is 32.2. The average molecular weight is 591 g/mol. The Bertz CT molecular complexity index is 1480. The van der Waals surface area contributed by atoms with Gasteiger partial charge >= 0.3 is 0 Å². The maximum atomic E-state index is 13.6. The molecule has 1 aliphatic rings. The van der Waals surface area contributed by atoms with E-state index in [4.69, 9.17) is 4.74 Å². The van der Waals surface area contributed by atoms with E-state index < -0.39 is 22.5 Å². The molecule has 4 rings (SSSR count). The molecule has 0 radical (unpaired) electrons. The topological polar surface area (TPSA) is 117 Å². The number of rotatable bonds is 12. The molecule has 2 amide bonds. The van der Waals surface area contributed by atoms with Crippen LogP contribution in [-0.4, -0.2) is 45.6 Å². The van der Waals surface area contributed by atoms with Crippen LogP contribution >= 0.6 is 0 Å². The van der Waals surface area contributed by atoms with Gasteiger partial charge in [-0.1, -0.05) is 62.1 Å². The Balaban J connectivity index is 1.36. The minimum atomic E-state index is -4.02. The van der Waals surface area contributed by atoms with E-state index in [0.717, 1.165) is 41.1 Å². The molecule has 0 saturated heterocycles. The lowest BCUT2D eigenvalue weighted by Crippen LogP contribution is -2.40. The zero-order valence-corrected chi connectivity index (χ0v) is 24.9. The van der Waals surface area contributed by atoms with Gasteiger partial charge in [0.15, 0.2) is 6.61 Å². The molecule has 3 aromatic rings. The molecular formula is C32H38N4O5S. The first-order chi connectivity index (χ1) is 20.3. The van der Waals surface area contributed by atoms with Gasteiger partial charge < -0.3 is 10.1 Å².